The van der Waals surface area contributed by atoms with Crippen LogP contribution in [0.15, 0.2) is 30.3 Å². The number of aryl methyl sites for hydroxylation is 1. The van der Waals surface area contributed by atoms with E-state index in [2.05, 4.69) is 25.1 Å². The summed E-state index contributed by atoms with van der Waals surface area (Å²) in [4.78, 5) is 0. The first-order valence-corrected chi connectivity index (χ1v) is 5.49. The first-order chi connectivity index (χ1) is 7.80. The molecule has 0 fully saturated rings. The maximum atomic E-state index is 9.39. The average molecular weight is 216 g/mol. The molecule has 0 saturated carbocycles. The summed E-state index contributed by atoms with van der Waals surface area (Å²) in [6.45, 7) is 2.14. The largest absolute Gasteiger partial charge is 0.496 e. The molecule has 0 spiro atoms. The Morgan fingerprint density at radius 3 is 2.62 bits per heavy atom. The number of rotatable bonds is 3. The van der Waals surface area contributed by atoms with E-state index in [1.54, 1.807) is 7.11 Å². The zero-order valence-electron chi connectivity index (χ0n) is 9.66. The lowest BCUT2D eigenvalue weighted by Gasteiger charge is -2.10. The summed E-state index contributed by atoms with van der Waals surface area (Å²) in [6, 6.07) is 10.3. The SMILES string of the molecule is CCc1ccc2c(CO)c(OC)ccc2c1. The number of hydrogen-bond acceptors (Lipinski definition) is 2. The molecule has 0 bridgehead atoms. The molecule has 0 aromatic heterocycles. The maximum absolute atomic E-state index is 9.39. The van der Waals surface area contributed by atoms with Crippen LogP contribution in [0.1, 0.15) is 18.1 Å². The summed E-state index contributed by atoms with van der Waals surface area (Å²) in [6.07, 6.45) is 1.02. The first-order valence-electron chi connectivity index (χ1n) is 5.49. The van der Waals surface area contributed by atoms with Crippen LogP contribution >= 0.6 is 0 Å². The third-order valence-electron chi connectivity index (χ3n) is 2.94. The average Bonchev–Trinajstić information content (AvgIpc) is 2.36. The molecule has 2 nitrogen and oxygen atoms in total. The lowest BCUT2D eigenvalue weighted by molar-refractivity contribution is 0.275. The van der Waals surface area contributed by atoms with Crippen LogP contribution in [-0.4, -0.2) is 12.2 Å². The Morgan fingerprint density at radius 1 is 1.19 bits per heavy atom. The highest BCUT2D eigenvalue weighted by atomic mass is 16.5. The lowest BCUT2D eigenvalue weighted by atomic mass is 10.0. The van der Waals surface area contributed by atoms with Gasteiger partial charge in [-0.25, -0.2) is 0 Å². The van der Waals surface area contributed by atoms with Gasteiger partial charge in [-0.1, -0.05) is 31.2 Å². The van der Waals surface area contributed by atoms with Crippen molar-refractivity contribution in [3.05, 3.63) is 41.5 Å². The zero-order valence-corrected chi connectivity index (χ0v) is 9.66. The lowest BCUT2D eigenvalue weighted by Crippen LogP contribution is -1.93. The van der Waals surface area contributed by atoms with E-state index in [1.165, 1.54) is 5.56 Å². The molecule has 0 atom stereocenters. The van der Waals surface area contributed by atoms with Gasteiger partial charge in [0, 0.05) is 5.56 Å². The van der Waals surface area contributed by atoms with Gasteiger partial charge in [0.25, 0.3) is 0 Å². The van der Waals surface area contributed by atoms with E-state index in [9.17, 15) is 5.11 Å². The van der Waals surface area contributed by atoms with Gasteiger partial charge >= 0.3 is 0 Å². The molecule has 0 aliphatic heterocycles. The number of methoxy groups -OCH3 is 1. The fourth-order valence-corrected chi connectivity index (χ4v) is 2.00. The Balaban J connectivity index is 2.69. The number of fused-ring (bicyclic) bond motifs is 1. The van der Waals surface area contributed by atoms with Crippen molar-refractivity contribution in [2.24, 2.45) is 0 Å². The topological polar surface area (TPSA) is 29.5 Å². The number of aliphatic hydroxyl groups is 1. The van der Waals surface area contributed by atoms with Gasteiger partial charge in [0.1, 0.15) is 5.75 Å². The van der Waals surface area contributed by atoms with Gasteiger partial charge in [-0.05, 0) is 28.8 Å². The number of aliphatic hydroxyl groups excluding tert-OH is 1. The summed E-state index contributed by atoms with van der Waals surface area (Å²) in [5, 5.41) is 11.6. The Kier molecular flexibility index (Phi) is 3.11. The molecular weight excluding hydrogens is 200 g/mol. The predicted molar refractivity (Wildman–Crippen MR) is 65.8 cm³/mol. The van der Waals surface area contributed by atoms with Crippen LogP contribution in [0.3, 0.4) is 0 Å². The molecular formula is C14H16O2. The summed E-state index contributed by atoms with van der Waals surface area (Å²) in [5.74, 6) is 0.749. The van der Waals surface area contributed by atoms with Crippen molar-refractivity contribution >= 4 is 10.8 Å². The monoisotopic (exact) mass is 216 g/mol. The molecule has 2 aromatic rings. The standard InChI is InChI=1S/C14H16O2/c1-3-10-4-6-12-11(8-10)5-7-14(16-2)13(12)9-15/h4-8,15H,3,9H2,1-2H3. The van der Waals surface area contributed by atoms with Gasteiger partial charge in [0.2, 0.25) is 0 Å². The molecule has 0 aliphatic carbocycles. The van der Waals surface area contributed by atoms with Crippen LogP contribution in [0.5, 0.6) is 5.75 Å². The minimum Gasteiger partial charge on any atom is -0.496 e. The van der Waals surface area contributed by atoms with Crippen molar-refractivity contribution in [3.8, 4) is 5.75 Å². The molecule has 0 aliphatic rings. The van der Waals surface area contributed by atoms with Crippen LogP contribution in [0.25, 0.3) is 10.8 Å². The Labute approximate surface area is 95.5 Å². The highest BCUT2D eigenvalue weighted by Crippen LogP contribution is 2.28. The van der Waals surface area contributed by atoms with E-state index in [0.29, 0.717) is 0 Å². The quantitative estimate of drug-likeness (QED) is 0.854. The van der Waals surface area contributed by atoms with Gasteiger partial charge in [0.05, 0.1) is 13.7 Å². The van der Waals surface area contributed by atoms with Gasteiger partial charge in [-0.15, -0.1) is 0 Å². The van der Waals surface area contributed by atoms with Crippen molar-refractivity contribution in [3.63, 3.8) is 0 Å². The summed E-state index contributed by atoms with van der Waals surface area (Å²) >= 11 is 0. The van der Waals surface area contributed by atoms with Crippen LogP contribution in [0.4, 0.5) is 0 Å². The summed E-state index contributed by atoms with van der Waals surface area (Å²) in [5.41, 5.74) is 2.17. The minimum absolute atomic E-state index is 0.00594. The van der Waals surface area contributed by atoms with Gasteiger partial charge in [0.15, 0.2) is 0 Å². The fraction of sp³-hybridized carbons (Fsp3) is 0.286. The Morgan fingerprint density at radius 2 is 2.00 bits per heavy atom. The van der Waals surface area contributed by atoms with E-state index in [4.69, 9.17) is 4.74 Å². The van der Waals surface area contributed by atoms with E-state index < -0.39 is 0 Å². The third kappa shape index (κ3) is 1.76. The number of benzene rings is 2. The third-order valence-corrected chi connectivity index (χ3v) is 2.94. The van der Waals surface area contributed by atoms with Crippen LogP contribution in [-0.2, 0) is 13.0 Å². The van der Waals surface area contributed by atoms with Crippen molar-refractivity contribution in [1.82, 2.24) is 0 Å². The fourth-order valence-electron chi connectivity index (χ4n) is 2.00. The van der Waals surface area contributed by atoms with E-state index in [1.807, 2.05) is 12.1 Å². The van der Waals surface area contributed by atoms with Crippen molar-refractivity contribution in [1.29, 1.82) is 0 Å². The molecule has 0 amide bonds. The Bertz CT molecular complexity index is 503. The van der Waals surface area contributed by atoms with Gasteiger partial charge < -0.3 is 9.84 Å². The van der Waals surface area contributed by atoms with E-state index in [0.717, 1.165) is 28.5 Å². The Hall–Kier alpha value is -1.54. The first kappa shape index (κ1) is 11.0. The van der Waals surface area contributed by atoms with Crippen LogP contribution < -0.4 is 4.74 Å². The van der Waals surface area contributed by atoms with Crippen molar-refractivity contribution < 1.29 is 9.84 Å². The second-order valence-electron chi connectivity index (χ2n) is 3.81. The molecule has 0 heterocycles. The second kappa shape index (κ2) is 4.54. The molecule has 0 radical (unpaired) electrons. The number of hydrogen-bond donors (Lipinski definition) is 1. The number of ether oxygens (including phenoxy) is 1. The summed E-state index contributed by atoms with van der Waals surface area (Å²) in [7, 11) is 1.63. The molecule has 0 saturated heterocycles. The zero-order chi connectivity index (χ0) is 11.5. The van der Waals surface area contributed by atoms with Crippen LogP contribution in [0, 0.1) is 0 Å². The highest BCUT2D eigenvalue weighted by Gasteiger charge is 2.07. The normalized spacial score (nSPS) is 10.7. The molecule has 2 aromatic carbocycles. The molecule has 2 heteroatoms. The van der Waals surface area contributed by atoms with E-state index >= 15 is 0 Å². The maximum Gasteiger partial charge on any atom is 0.125 e. The highest BCUT2D eigenvalue weighted by molar-refractivity contribution is 5.88. The molecule has 0 unspecified atom stereocenters. The van der Waals surface area contributed by atoms with Crippen molar-refractivity contribution in [2.45, 2.75) is 20.0 Å². The molecule has 1 N–H and O–H groups in total. The molecule has 16 heavy (non-hydrogen) atoms. The van der Waals surface area contributed by atoms with Gasteiger partial charge in [-0.3, -0.25) is 0 Å². The van der Waals surface area contributed by atoms with Gasteiger partial charge in [-0.2, -0.15) is 0 Å². The predicted octanol–water partition coefficient (Wildman–Crippen LogP) is 2.90. The van der Waals surface area contributed by atoms with Crippen molar-refractivity contribution in [2.75, 3.05) is 7.11 Å². The summed E-state index contributed by atoms with van der Waals surface area (Å²) < 4.78 is 5.24. The molecule has 2 rings (SSSR count). The smallest absolute Gasteiger partial charge is 0.125 e. The molecule has 84 valence electrons. The minimum atomic E-state index is 0.00594. The second-order valence-corrected chi connectivity index (χ2v) is 3.81. The van der Waals surface area contributed by atoms with Crippen LogP contribution in [0.2, 0.25) is 0 Å². The van der Waals surface area contributed by atoms with E-state index in [-0.39, 0.29) is 6.61 Å².